The lowest BCUT2D eigenvalue weighted by Crippen LogP contribution is -2.47. The van der Waals surface area contributed by atoms with Crippen LogP contribution in [0.3, 0.4) is 0 Å². The molecule has 0 spiro atoms. The second-order valence-electron chi connectivity index (χ2n) is 4.98. The number of nitrogens with one attached hydrogen (secondary N) is 1. The molecular formula is C13H16N2O4S. The van der Waals surface area contributed by atoms with Crippen LogP contribution in [0.25, 0.3) is 0 Å². The highest BCUT2D eigenvalue weighted by Crippen LogP contribution is 2.35. The van der Waals surface area contributed by atoms with Crippen LogP contribution in [0.1, 0.15) is 24.2 Å². The summed E-state index contributed by atoms with van der Waals surface area (Å²) in [6.07, 6.45) is 1.39. The van der Waals surface area contributed by atoms with Crippen LogP contribution in [-0.4, -0.2) is 44.0 Å². The Balaban J connectivity index is 2.37. The van der Waals surface area contributed by atoms with Gasteiger partial charge < -0.3 is 15.0 Å². The fourth-order valence-corrected chi connectivity index (χ4v) is 3.69. The van der Waals surface area contributed by atoms with Crippen LogP contribution in [0.2, 0.25) is 0 Å². The molecule has 6 nitrogen and oxygen atoms in total. The third kappa shape index (κ3) is 2.72. The van der Waals surface area contributed by atoms with Crippen molar-refractivity contribution in [2.45, 2.75) is 25.3 Å². The first-order chi connectivity index (χ1) is 9.41. The summed E-state index contributed by atoms with van der Waals surface area (Å²) in [6, 6.07) is 1.84. The zero-order chi connectivity index (χ0) is 14.9. The van der Waals surface area contributed by atoms with Crippen molar-refractivity contribution in [1.29, 1.82) is 0 Å². The summed E-state index contributed by atoms with van der Waals surface area (Å²) in [5.74, 6) is -0.922. The Hall–Kier alpha value is -1.76. The van der Waals surface area contributed by atoms with Crippen LogP contribution < -0.4 is 5.56 Å². The van der Waals surface area contributed by atoms with Crippen LogP contribution >= 0.6 is 11.8 Å². The monoisotopic (exact) mass is 296 g/mol. The molecule has 7 heteroatoms. The normalized spacial score (nSPS) is 22.2. The quantitative estimate of drug-likeness (QED) is 0.868. The van der Waals surface area contributed by atoms with Gasteiger partial charge >= 0.3 is 5.97 Å². The molecular weight excluding hydrogens is 280 g/mol. The molecule has 0 bridgehead atoms. The highest BCUT2D eigenvalue weighted by Gasteiger charge is 2.43. The Morgan fingerprint density at radius 2 is 2.20 bits per heavy atom. The number of carboxylic acid groups (broad SMARTS) is 1. The number of carbonyl (C=O) groups is 2. The van der Waals surface area contributed by atoms with E-state index >= 15 is 0 Å². The number of carbonyl (C=O) groups excluding carboxylic acids is 1. The Bertz CT molecular complexity index is 584. The number of aromatic nitrogens is 1. The maximum atomic E-state index is 12.5. The highest BCUT2D eigenvalue weighted by molar-refractivity contribution is 8.00. The minimum Gasteiger partial charge on any atom is -0.480 e. The maximum Gasteiger partial charge on any atom is 0.327 e. The molecule has 1 fully saturated rings. The summed E-state index contributed by atoms with van der Waals surface area (Å²) in [4.78, 5) is 38.9. The summed E-state index contributed by atoms with van der Waals surface area (Å²) < 4.78 is 0. The summed E-state index contributed by atoms with van der Waals surface area (Å²) in [5, 5.41) is 9.07. The summed E-state index contributed by atoms with van der Waals surface area (Å²) in [5.41, 5.74) is -0.163. The van der Waals surface area contributed by atoms with Gasteiger partial charge in [0.05, 0.1) is 5.37 Å². The maximum absolute atomic E-state index is 12.5. The van der Waals surface area contributed by atoms with Gasteiger partial charge in [-0.15, -0.1) is 11.8 Å². The van der Waals surface area contributed by atoms with E-state index in [9.17, 15) is 19.5 Å². The molecule has 1 aromatic heterocycles. The van der Waals surface area contributed by atoms with Gasteiger partial charge in [-0.3, -0.25) is 9.59 Å². The van der Waals surface area contributed by atoms with E-state index < -0.39 is 17.9 Å². The number of nitrogens with zero attached hydrogens (tertiary/aromatic N) is 1. The van der Waals surface area contributed by atoms with Crippen LogP contribution in [-0.2, 0) is 4.79 Å². The molecule has 0 aromatic carbocycles. The van der Waals surface area contributed by atoms with E-state index in [1.807, 2.05) is 13.8 Å². The van der Waals surface area contributed by atoms with Gasteiger partial charge in [-0.2, -0.15) is 0 Å². The third-order valence-electron chi connectivity index (χ3n) is 3.15. The number of rotatable bonds is 3. The molecule has 1 aliphatic heterocycles. The van der Waals surface area contributed by atoms with Gasteiger partial charge in [-0.1, -0.05) is 13.8 Å². The first-order valence-corrected chi connectivity index (χ1v) is 7.32. The van der Waals surface area contributed by atoms with Crippen molar-refractivity contribution in [3.63, 3.8) is 0 Å². The third-order valence-corrected chi connectivity index (χ3v) is 4.77. The van der Waals surface area contributed by atoms with Crippen LogP contribution in [0.5, 0.6) is 0 Å². The molecule has 0 radical (unpaired) electrons. The molecule has 108 valence electrons. The van der Waals surface area contributed by atoms with Gasteiger partial charge in [0.1, 0.15) is 6.04 Å². The van der Waals surface area contributed by atoms with Crippen molar-refractivity contribution in [3.05, 3.63) is 34.2 Å². The van der Waals surface area contributed by atoms with Crippen molar-refractivity contribution < 1.29 is 14.7 Å². The minimum absolute atomic E-state index is 0.135. The number of thioether (sulfide) groups is 1. The van der Waals surface area contributed by atoms with Gasteiger partial charge in [-0.25, -0.2) is 4.79 Å². The Kier molecular flexibility index (Phi) is 4.17. The second kappa shape index (κ2) is 5.70. The molecule has 1 amide bonds. The molecule has 0 aliphatic carbocycles. The Morgan fingerprint density at radius 3 is 2.75 bits per heavy atom. The van der Waals surface area contributed by atoms with Crippen molar-refractivity contribution in [1.82, 2.24) is 9.88 Å². The number of amides is 1. The molecule has 2 rings (SSSR count). The first-order valence-electron chi connectivity index (χ1n) is 6.27. The van der Waals surface area contributed by atoms with Crippen molar-refractivity contribution >= 4 is 23.6 Å². The fourth-order valence-electron chi connectivity index (χ4n) is 2.22. The predicted molar refractivity (Wildman–Crippen MR) is 75.7 cm³/mol. The SMILES string of the molecule is CC(C)C1SCC(C(=O)O)N1C(=O)c1cc[nH]c(=O)c1. The minimum atomic E-state index is -1.01. The zero-order valence-corrected chi connectivity index (χ0v) is 12.0. The Labute approximate surface area is 120 Å². The van der Waals surface area contributed by atoms with E-state index in [0.29, 0.717) is 5.75 Å². The van der Waals surface area contributed by atoms with Crippen molar-refractivity contribution in [2.24, 2.45) is 5.92 Å². The van der Waals surface area contributed by atoms with E-state index in [-0.39, 0.29) is 22.4 Å². The summed E-state index contributed by atoms with van der Waals surface area (Å²) in [7, 11) is 0. The molecule has 2 heterocycles. The molecule has 0 saturated carbocycles. The summed E-state index contributed by atoms with van der Waals surface area (Å²) in [6.45, 7) is 3.89. The molecule has 2 unspecified atom stereocenters. The van der Waals surface area contributed by atoms with E-state index in [1.54, 1.807) is 0 Å². The molecule has 1 aliphatic rings. The lowest BCUT2D eigenvalue weighted by Gasteiger charge is -2.29. The highest BCUT2D eigenvalue weighted by atomic mass is 32.2. The summed E-state index contributed by atoms with van der Waals surface area (Å²) >= 11 is 1.46. The largest absolute Gasteiger partial charge is 0.480 e. The standard InChI is InChI=1S/C13H16N2O4S/c1-7(2)12-15(9(6-20-12)13(18)19)11(17)8-3-4-14-10(16)5-8/h3-5,7,9,12H,6H2,1-2H3,(H,14,16)(H,18,19). The van der Waals surface area contributed by atoms with Crippen LogP contribution in [0.15, 0.2) is 23.1 Å². The first kappa shape index (κ1) is 14.6. The topological polar surface area (TPSA) is 90.5 Å². The van der Waals surface area contributed by atoms with Gasteiger partial charge in [-0.05, 0) is 12.0 Å². The average molecular weight is 296 g/mol. The van der Waals surface area contributed by atoms with Crippen LogP contribution in [0, 0.1) is 5.92 Å². The smallest absolute Gasteiger partial charge is 0.327 e. The van der Waals surface area contributed by atoms with E-state index in [2.05, 4.69) is 4.98 Å². The van der Waals surface area contributed by atoms with E-state index in [4.69, 9.17) is 0 Å². The number of pyridine rings is 1. The van der Waals surface area contributed by atoms with E-state index in [1.165, 1.54) is 35.0 Å². The van der Waals surface area contributed by atoms with Gasteiger partial charge in [0.15, 0.2) is 0 Å². The Morgan fingerprint density at radius 1 is 1.50 bits per heavy atom. The predicted octanol–water partition coefficient (Wildman–Crippen LogP) is 0.999. The number of H-pyrrole nitrogens is 1. The molecule has 20 heavy (non-hydrogen) atoms. The van der Waals surface area contributed by atoms with Gasteiger partial charge in [0.2, 0.25) is 5.56 Å². The number of hydrogen-bond acceptors (Lipinski definition) is 4. The van der Waals surface area contributed by atoms with E-state index in [0.717, 1.165) is 0 Å². The number of carboxylic acids is 1. The van der Waals surface area contributed by atoms with Crippen LogP contribution in [0.4, 0.5) is 0 Å². The van der Waals surface area contributed by atoms with Gasteiger partial charge in [0, 0.05) is 23.6 Å². The van der Waals surface area contributed by atoms with Crippen molar-refractivity contribution in [3.8, 4) is 0 Å². The number of hydrogen-bond donors (Lipinski definition) is 2. The molecule has 2 atom stereocenters. The lowest BCUT2D eigenvalue weighted by atomic mass is 10.1. The number of aromatic amines is 1. The van der Waals surface area contributed by atoms with Crippen molar-refractivity contribution in [2.75, 3.05) is 5.75 Å². The van der Waals surface area contributed by atoms with Gasteiger partial charge in [0.25, 0.3) is 5.91 Å². The zero-order valence-electron chi connectivity index (χ0n) is 11.2. The lowest BCUT2D eigenvalue weighted by molar-refractivity contribution is -0.141. The molecule has 1 saturated heterocycles. The molecule has 1 aromatic rings. The molecule has 2 N–H and O–H groups in total. The number of aliphatic carboxylic acids is 1. The second-order valence-corrected chi connectivity index (χ2v) is 6.13. The average Bonchev–Trinajstić information content (AvgIpc) is 2.82. The fraction of sp³-hybridized carbons (Fsp3) is 0.462.